The SMILES string of the molecule is O=S(=O)(c1ccc(CC(F)(F)F)cc1)N1C2CCNCC1CC2. The van der Waals surface area contributed by atoms with Crippen molar-refractivity contribution in [3.63, 3.8) is 0 Å². The summed E-state index contributed by atoms with van der Waals surface area (Å²) in [5.74, 6) is 0. The van der Waals surface area contributed by atoms with Crippen molar-refractivity contribution in [3.05, 3.63) is 29.8 Å². The van der Waals surface area contributed by atoms with E-state index in [2.05, 4.69) is 5.32 Å². The van der Waals surface area contributed by atoms with Gasteiger partial charge in [-0.1, -0.05) is 12.1 Å². The molecule has 0 amide bonds. The van der Waals surface area contributed by atoms with Crippen molar-refractivity contribution >= 4 is 10.0 Å². The summed E-state index contributed by atoms with van der Waals surface area (Å²) in [5, 5.41) is 3.24. The first-order valence-corrected chi connectivity index (χ1v) is 9.11. The van der Waals surface area contributed by atoms with E-state index in [4.69, 9.17) is 0 Å². The molecule has 0 saturated carbocycles. The molecule has 2 unspecified atom stereocenters. The van der Waals surface area contributed by atoms with E-state index in [-0.39, 0.29) is 22.5 Å². The first-order chi connectivity index (χ1) is 10.8. The Labute approximate surface area is 133 Å². The quantitative estimate of drug-likeness (QED) is 0.912. The van der Waals surface area contributed by atoms with Gasteiger partial charge >= 0.3 is 6.18 Å². The van der Waals surface area contributed by atoms with Crippen molar-refractivity contribution in [2.75, 3.05) is 13.1 Å². The molecule has 2 saturated heterocycles. The van der Waals surface area contributed by atoms with E-state index in [0.717, 1.165) is 25.8 Å². The number of hydrogen-bond donors (Lipinski definition) is 1. The van der Waals surface area contributed by atoms with Crippen molar-refractivity contribution in [1.82, 2.24) is 9.62 Å². The molecule has 2 aliphatic heterocycles. The van der Waals surface area contributed by atoms with Crippen LogP contribution in [0.25, 0.3) is 0 Å². The molecule has 1 aromatic carbocycles. The monoisotopic (exact) mass is 348 g/mol. The second-order valence-corrected chi connectivity index (χ2v) is 7.99. The van der Waals surface area contributed by atoms with Gasteiger partial charge in [-0.25, -0.2) is 8.42 Å². The van der Waals surface area contributed by atoms with Crippen LogP contribution in [0.5, 0.6) is 0 Å². The third-order valence-corrected chi connectivity index (χ3v) is 6.51. The molecule has 2 fully saturated rings. The Hall–Kier alpha value is -1.12. The maximum atomic E-state index is 12.9. The summed E-state index contributed by atoms with van der Waals surface area (Å²) in [6, 6.07) is 4.98. The number of rotatable bonds is 3. The van der Waals surface area contributed by atoms with Crippen LogP contribution in [0.3, 0.4) is 0 Å². The summed E-state index contributed by atoms with van der Waals surface area (Å²) in [6.45, 7) is 1.42. The minimum absolute atomic E-state index is 0.0187. The molecular formula is C15H19F3N2O2S. The summed E-state index contributed by atoms with van der Waals surface area (Å²) >= 11 is 0. The molecule has 2 heterocycles. The highest BCUT2D eigenvalue weighted by molar-refractivity contribution is 7.89. The smallest absolute Gasteiger partial charge is 0.315 e. The van der Waals surface area contributed by atoms with E-state index >= 15 is 0 Å². The van der Waals surface area contributed by atoms with Crippen LogP contribution in [-0.4, -0.2) is 44.1 Å². The van der Waals surface area contributed by atoms with Crippen molar-refractivity contribution in [3.8, 4) is 0 Å². The van der Waals surface area contributed by atoms with Crippen molar-refractivity contribution in [2.45, 2.75) is 48.8 Å². The number of alkyl halides is 3. The molecule has 0 aromatic heterocycles. The fourth-order valence-corrected chi connectivity index (χ4v) is 5.36. The molecule has 4 nitrogen and oxygen atoms in total. The maximum Gasteiger partial charge on any atom is 0.393 e. The summed E-state index contributed by atoms with van der Waals surface area (Å²) < 4.78 is 64.5. The summed E-state index contributed by atoms with van der Waals surface area (Å²) in [5.41, 5.74) is 0.0666. The molecule has 8 heteroatoms. The lowest BCUT2D eigenvalue weighted by Gasteiger charge is -2.27. The fraction of sp³-hybridized carbons (Fsp3) is 0.600. The van der Waals surface area contributed by atoms with Gasteiger partial charge in [0.05, 0.1) is 11.3 Å². The zero-order chi connectivity index (χ0) is 16.7. The molecule has 2 atom stereocenters. The Kier molecular flexibility index (Phi) is 4.41. The summed E-state index contributed by atoms with van der Waals surface area (Å²) in [7, 11) is -3.67. The van der Waals surface area contributed by atoms with E-state index in [0.29, 0.717) is 6.54 Å². The van der Waals surface area contributed by atoms with Crippen LogP contribution in [0.15, 0.2) is 29.2 Å². The number of sulfonamides is 1. The summed E-state index contributed by atoms with van der Waals surface area (Å²) in [4.78, 5) is 0.0715. The van der Waals surface area contributed by atoms with Crippen LogP contribution in [-0.2, 0) is 16.4 Å². The summed E-state index contributed by atoms with van der Waals surface area (Å²) in [6.07, 6.45) is -2.91. The van der Waals surface area contributed by atoms with Crippen LogP contribution in [0.2, 0.25) is 0 Å². The van der Waals surface area contributed by atoms with Gasteiger partial charge < -0.3 is 5.32 Å². The first kappa shape index (κ1) is 16.7. The molecule has 2 bridgehead atoms. The maximum absolute atomic E-state index is 12.9. The lowest BCUT2D eigenvalue weighted by atomic mass is 10.1. The third-order valence-electron chi connectivity index (χ3n) is 4.49. The molecule has 1 aromatic rings. The predicted octanol–water partition coefficient (Wildman–Crippen LogP) is 2.31. The molecule has 128 valence electrons. The topological polar surface area (TPSA) is 49.4 Å². The van der Waals surface area contributed by atoms with Gasteiger partial charge in [0, 0.05) is 18.6 Å². The van der Waals surface area contributed by atoms with Crippen molar-refractivity contribution in [2.24, 2.45) is 0 Å². The van der Waals surface area contributed by atoms with Gasteiger partial charge in [-0.15, -0.1) is 0 Å². The van der Waals surface area contributed by atoms with E-state index < -0.39 is 22.6 Å². The highest BCUT2D eigenvalue weighted by Crippen LogP contribution is 2.34. The number of benzene rings is 1. The average molecular weight is 348 g/mol. The standard InChI is InChI=1S/C15H19F3N2O2S/c16-15(17,18)9-11-1-5-14(6-2-11)23(21,22)20-12-3-4-13(20)10-19-8-7-12/h1-2,5-6,12-13,19H,3-4,7-10H2. The van der Waals surface area contributed by atoms with Gasteiger partial charge in [0.2, 0.25) is 10.0 Å². The Morgan fingerprint density at radius 1 is 1.09 bits per heavy atom. The van der Waals surface area contributed by atoms with Gasteiger partial charge in [-0.2, -0.15) is 17.5 Å². The predicted molar refractivity (Wildman–Crippen MR) is 79.5 cm³/mol. The van der Waals surface area contributed by atoms with Crippen LogP contribution in [0.1, 0.15) is 24.8 Å². The number of nitrogens with one attached hydrogen (secondary N) is 1. The average Bonchev–Trinajstić information content (AvgIpc) is 2.71. The van der Waals surface area contributed by atoms with Gasteiger partial charge in [-0.05, 0) is 43.5 Å². The van der Waals surface area contributed by atoms with Gasteiger partial charge in [0.15, 0.2) is 0 Å². The number of halogens is 3. The zero-order valence-electron chi connectivity index (χ0n) is 12.5. The lowest BCUT2D eigenvalue weighted by Crippen LogP contribution is -2.42. The molecule has 0 radical (unpaired) electrons. The van der Waals surface area contributed by atoms with E-state index in [1.54, 1.807) is 4.31 Å². The fourth-order valence-electron chi connectivity index (χ4n) is 3.46. The van der Waals surface area contributed by atoms with E-state index in [9.17, 15) is 21.6 Å². The largest absolute Gasteiger partial charge is 0.393 e. The molecule has 23 heavy (non-hydrogen) atoms. The molecule has 0 spiro atoms. The van der Waals surface area contributed by atoms with Crippen LogP contribution in [0, 0.1) is 0 Å². The third kappa shape index (κ3) is 3.54. The van der Waals surface area contributed by atoms with Gasteiger partial charge in [0.25, 0.3) is 0 Å². The Morgan fingerprint density at radius 2 is 1.74 bits per heavy atom. The highest BCUT2D eigenvalue weighted by Gasteiger charge is 2.43. The Bertz CT molecular complexity index is 644. The molecular weight excluding hydrogens is 329 g/mol. The first-order valence-electron chi connectivity index (χ1n) is 7.67. The molecule has 1 N–H and O–H groups in total. The Morgan fingerprint density at radius 3 is 2.39 bits per heavy atom. The normalized spacial score (nSPS) is 26.2. The van der Waals surface area contributed by atoms with Crippen LogP contribution < -0.4 is 5.32 Å². The minimum Gasteiger partial charge on any atom is -0.315 e. The zero-order valence-corrected chi connectivity index (χ0v) is 13.3. The van der Waals surface area contributed by atoms with Crippen molar-refractivity contribution < 1.29 is 21.6 Å². The van der Waals surface area contributed by atoms with E-state index in [1.165, 1.54) is 24.3 Å². The van der Waals surface area contributed by atoms with E-state index in [1.807, 2.05) is 0 Å². The van der Waals surface area contributed by atoms with Gasteiger partial charge in [-0.3, -0.25) is 0 Å². The van der Waals surface area contributed by atoms with Crippen molar-refractivity contribution in [1.29, 1.82) is 0 Å². The van der Waals surface area contributed by atoms with Crippen LogP contribution in [0.4, 0.5) is 13.2 Å². The minimum atomic E-state index is -4.30. The number of nitrogens with zero attached hydrogens (tertiary/aromatic N) is 1. The Balaban J connectivity index is 1.85. The second-order valence-electron chi connectivity index (χ2n) is 6.15. The number of hydrogen-bond acceptors (Lipinski definition) is 3. The molecule has 3 rings (SSSR count). The number of fused-ring (bicyclic) bond motifs is 2. The lowest BCUT2D eigenvalue weighted by molar-refractivity contribution is -0.127. The van der Waals surface area contributed by atoms with Crippen LogP contribution >= 0.6 is 0 Å². The second kappa shape index (κ2) is 6.07. The van der Waals surface area contributed by atoms with Gasteiger partial charge in [0.1, 0.15) is 0 Å². The molecule has 0 aliphatic carbocycles. The highest BCUT2D eigenvalue weighted by atomic mass is 32.2. The molecule has 2 aliphatic rings.